The summed E-state index contributed by atoms with van der Waals surface area (Å²) in [6.07, 6.45) is 1.96. The van der Waals surface area contributed by atoms with Crippen LogP contribution in [0.25, 0.3) is 0 Å². The van der Waals surface area contributed by atoms with Crippen molar-refractivity contribution < 1.29 is 4.52 Å². The summed E-state index contributed by atoms with van der Waals surface area (Å²) in [5.41, 5.74) is -0.0288. The first-order chi connectivity index (χ1) is 5.54. The molecule has 0 bridgehead atoms. The minimum absolute atomic E-state index is 0.0288. The fourth-order valence-electron chi connectivity index (χ4n) is 0.884. The Bertz CT molecular complexity index is 247. The Morgan fingerprint density at radius 1 is 1.33 bits per heavy atom. The van der Waals surface area contributed by atoms with E-state index in [9.17, 15) is 0 Å². The van der Waals surface area contributed by atoms with Crippen LogP contribution >= 0.6 is 0 Å². The van der Waals surface area contributed by atoms with Crippen molar-refractivity contribution in [3.63, 3.8) is 0 Å². The summed E-state index contributed by atoms with van der Waals surface area (Å²) < 4.78 is 5.12. The summed E-state index contributed by atoms with van der Waals surface area (Å²) in [6.45, 7) is 8.30. The normalized spacial score (nSPS) is 12.0. The molecule has 3 heteroatoms. The molecule has 0 unspecified atom stereocenters. The maximum atomic E-state index is 5.12. The Morgan fingerprint density at radius 2 is 2.00 bits per heavy atom. The van der Waals surface area contributed by atoms with Crippen molar-refractivity contribution in [3.8, 4) is 0 Å². The largest absolute Gasteiger partial charge is 0.339 e. The lowest BCUT2D eigenvalue weighted by molar-refractivity contribution is 0.318. The van der Waals surface area contributed by atoms with E-state index in [-0.39, 0.29) is 5.41 Å². The topological polar surface area (TPSA) is 38.9 Å². The molecule has 0 aromatic carbocycles. The molecule has 0 amide bonds. The maximum Gasteiger partial charge on any atom is 0.232 e. The summed E-state index contributed by atoms with van der Waals surface area (Å²) in [6, 6.07) is 0. The molecule has 0 N–H and O–H groups in total. The summed E-state index contributed by atoms with van der Waals surface area (Å²) in [4.78, 5) is 4.29. The highest BCUT2D eigenvalue weighted by molar-refractivity contribution is 4.98. The molecule has 1 aromatic heterocycles. The Hall–Kier alpha value is -0.860. The van der Waals surface area contributed by atoms with Crippen molar-refractivity contribution in [2.45, 2.75) is 46.0 Å². The smallest absolute Gasteiger partial charge is 0.232 e. The van der Waals surface area contributed by atoms with Gasteiger partial charge in [-0.3, -0.25) is 0 Å². The van der Waals surface area contributed by atoms with Gasteiger partial charge in [0.15, 0.2) is 5.82 Å². The maximum absolute atomic E-state index is 5.12. The second-order valence-corrected chi connectivity index (χ2v) is 4.02. The first-order valence-electron chi connectivity index (χ1n) is 4.37. The van der Waals surface area contributed by atoms with Crippen molar-refractivity contribution in [2.75, 3.05) is 0 Å². The van der Waals surface area contributed by atoms with Crippen LogP contribution in [-0.2, 0) is 11.8 Å². The predicted octanol–water partition coefficient (Wildman–Crippen LogP) is 2.32. The second-order valence-electron chi connectivity index (χ2n) is 4.02. The number of hydrogen-bond donors (Lipinski definition) is 0. The van der Waals surface area contributed by atoms with Crippen LogP contribution in [0.15, 0.2) is 4.52 Å². The van der Waals surface area contributed by atoms with Crippen LogP contribution in [-0.4, -0.2) is 10.1 Å². The third kappa shape index (κ3) is 2.06. The molecule has 0 spiro atoms. The van der Waals surface area contributed by atoms with Crippen LogP contribution in [0, 0.1) is 0 Å². The van der Waals surface area contributed by atoms with Gasteiger partial charge in [-0.25, -0.2) is 0 Å². The van der Waals surface area contributed by atoms with E-state index in [2.05, 4.69) is 37.8 Å². The van der Waals surface area contributed by atoms with Crippen molar-refractivity contribution >= 4 is 0 Å². The van der Waals surface area contributed by atoms with Crippen molar-refractivity contribution in [1.29, 1.82) is 0 Å². The Kier molecular flexibility index (Phi) is 2.50. The van der Waals surface area contributed by atoms with Crippen LogP contribution in [0.4, 0.5) is 0 Å². The highest BCUT2D eigenvalue weighted by atomic mass is 16.5. The molecular formula is C9H16N2O. The van der Waals surface area contributed by atoms with Gasteiger partial charge in [-0.2, -0.15) is 4.98 Å². The quantitative estimate of drug-likeness (QED) is 0.680. The molecule has 1 rings (SSSR count). The second kappa shape index (κ2) is 3.25. The highest BCUT2D eigenvalue weighted by Crippen LogP contribution is 2.19. The van der Waals surface area contributed by atoms with Gasteiger partial charge in [-0.05, 0) is 6.42 Å². The molecule has 0 aliphatic heterocycles. The molecular weight excluding hydrogens is 152 g/mol. The van der Waals surface area contributed by atoms with E-state index >= 15 is 0 Å². The lowest BCUT2D eigenvalue weighted by Crippen LogP contribution is -2.11. The molecule has 0 saturated heterocycles. The van der Waals surface area contributed by atoms with E-state index in [4.69, 9.17) is 4.52 Å². The average Bonchev–Trinajstić information content (AvgIpc) is 2.35. The van der Waals surface area contributed by atoms with Gasteiger partial charge < -0.3 is 4.52 Å². The third-order valence-electron chi connectivity index (χ3n) is 1.58. The Morgan fingerprint density at radius 3 is 2.42 bits per heavy atom. The molecule has 0 saturated carbocycles. The van der Waals surface area contributed by atoms with E-state index in [1.807, 2.05) is 0 Å². The average molecular weight is 168 g/mol. The minimum atomic E-state index is -0.0288. The molecule has 0 aliphatic carbocycles. The summed E-state index contributed by atoms with van der Waals surface area (Å²) in [5, 5.41) is 3.89. The van der Waals surface area contributed by atoms with Crippen molar-refractivity contribution in [2.24, 2.45) is 0 Å². The SMILES string of the molecule is CCCc1noc(C(C)(C)C)n1. The summed E-state index contributed by atoms with van der Waals surface area (Å²) in [5.74, 6) is 1.55. The Balaban J connectivity index is 2.77. The summed E-state index contributed by atoms with van der Waals surface area (Å²) in [7, 11) is 0. The molecule has 1 heterocycles. The number of rotatable bonds is 2. The van der Waals surface area contributed by atoms with Crippen LogP contribution < -0.4 is 0 Å². The lowest BCUT2D eigenvalue weighted by atomic mass is 9.97. The van der Waals surface area contributed by atoms with E-state index in [0.717, 1.165) is 24.6 Å². The monoisotopic (exact) mass is 168 g/mol. The molecule has 68 valence electrons. The van der Waals surface area contributed by atoms with Crippen LogP contribution in [0.2, 0.25) is 0 Å². The first kappa shape index (κ1) is 9.23. The van der Waals surface area contributed by atoms with E-state index in [1.54, 1.807) is 0 Å². The van der Waals surface area contributed by atoms with E-state index < -0.39 is 0 Å². The number of hydrogen-bond acceptors (Lipinski definition) is 3. The zero-order valence-corrected chi connectivity index (χ0v) is 8.22. The molecule has 12 heavy (non-hydrogen) atoms. The standard InChI is InChI=1S/C9H16N2O/c1-5-6-7-10-8(12-11-7)9(2,3)4/h5-6H2,1-4H3. The number of nitrogens with zero attached hydrogens (tertiary/aromatic N) is 2. The fraction of sp³-hybridized carbons (Fsp3) is 0.778. The third-order valence-corrected chi connectivity index (χ3v) is 1.58. The molecule has 1 aromatic rings. The van der Waals surface area contributed by atoms with Gasteiger partial charge in [0.1, 0.15) is 0 Å². The minimum Gasteiger partial charge on any atom is -0.339 e. The van der Waals surface area contributed by atoms with Crippen LogP contribution in [0.1, 0.15) is 45.8 Å². The van der Waals surface area contributed by atoms with Gasteiger partial charge in [0.2, 0.25) is 5.89 Å². The predicted molar refractivity (Wildman–Crippen MR) is 47.0 cm³/mol. The zero-order valence-electron chi connectivity index (χ0n) is 8.22. The van der Waals surface area contributed by atoms with E-state index in [1.165, 1.54) is 0 Å². The first-order valence-corrected chi connectivity index (χ1v) is 4.37. The van der Waals surface area contributed by atoms with Crippen molar-refractivity contribution in [3.05, 3.63) is 11.7 Å². The molecule has 0 aliphatic rings. The lowest BCUT2D eigenvalue weighted by Gasteiger charge is -2.10. The van der Waals surface area contributed by atoms with Gasteiger partial charge >= 0.3 is 0 Å². The van der Waals surface area contributed by atoms with Gasteiger partial charge in [0.05, 0.1) is 0 Å². The highest BCUT2D eigenvalue weighted by Gasteiger charge is 2.21. The molecule has 3 nitrogen and oxygen atoms in total. The molecule has 0 radical (unpaired) electrons. The zero-order chi connectivity index (χ0) is 9.19. The molecule has 0 atom stereocenters. The van der Waals surface area contributed by atoms with E-state index in [0.29, 0.717) is 0 Å². The number of aromatic nitrogens is 2. The van der Waals surface area contributed by atoms with Crippen molar-refractivity contribution in [1.82, 2.24) is 10.1 Å². The van der Waals surface area contributed by atoms with Gasteiger partial charge in [-0.1, -0.05) is 32.9 Å². The fourth-order valence-corrected chi connectivity index (χ4v) is 0.884. The van der Waals surface area contributed by atoms with Gasteiger partial charge in [0, 0.05) is 11.8 Å². The number of aryl methyl sites for hydroxylation is 1. The molecule has 0 fully saturated rings. The van der Waals surface area contributed by atoms with Gasteiger partial charge in [0.25, 0.3) is 0 Å². The summed E-state index contributed by atoms with van der Waals surface area (Å²) >= 11 is 0. The van der Waals surface area contributed by atoms with Crippen LogP contribution in [0.3, 0.4) is 0 Å². The Labute approximate surface area is 73.2 Å². The van der Waals surface area contributed by atoms with Crippen LogP contribution in [0.5, 0.6) is 0 Å². The van der Waals surface area contributed by atoms with Gasteiger partial charge in [-0.15, -0.1) is 0 Å².